The summed E-state index contributed by atoms with van der Waals surface area (Å²) in [5, 5.41) is 3.40. The van der Waals surface area contributed by atoms with Crippen molar-refractivity contribution in [3.63, 3.8) is 0 Å². The van der Waals surface area contributed by atoms with Crippen LogP contribution in [0.15, 0.2) is 29.3 Å². The summed E-state index contributed by atoms with van der Waals surface area (Å²) in [6.07, 6.45) is 2.92. The van der Waals surface area contributed by atoms with Crippen LogP contribution >= 0.6 is 40.7 Å². The molecule has 0 saturated carbocycles. The van der Waals surface area contributed by atoms with E-state index in [1.54, 1.807) is 0 Å². The first-order valence-electron chi connectivity index (χ1n) is 6.94. The molecule has 0 spiro atoms. The first kappa shape index (κ1) is 19.6. The van der Waals surface area contributed by atoms with Gasteiger partial charge in [-0.1, -0.05) is 22.0 Å². The lowest BCUT2D eigenvalue weighted by molar-refractivity contribution is 0.171. The van der Waals surface area contributed by atoms with Crippen LogP contribution in [0.1, 0.15) is 18.0 Å². The van der Waals surface area contributed by atoms with Gasteiger partial charge in [0, 0.05) is 36.7 Å². The molecule has 2 aliphatic rings. The number of nitrogens with zero attached hydrogens (tertiary/aromatic N) is 1. The number of halogens is 3. The number of nitrogens with one attached hydrogen (secondary N) is 1. The van der Waals surface area contributed by atoms with Gasteiger partial charge in [0.2, 0.25) is 6.79 Å². The molecule has 0 radical (unpaired) electrons. The van der Waals surface area contributed by atoms with Gasteiger partial charge >= 0.3 is 0 Å². The second-order valence-electron chi connectivity index (χ2n) is 5.05. The van der Waals surface area contributed by atoms with Crippen LogP contribution in [0.5, 0.6) is 11.5 Å². The Morgan fingerprint density at radius 1 is 1.23 bits per heavy atom. The molecule has 2 heterocycles. The number of ether oxygens (including phenoxy) is 2. The van der Waals surface area contributed by atoms with Crippen molar-refractivity contribution in [2.24, 2.45) is 0 Å². The minimum atomic E-state index is 0. The quantitative estimate of drug-likeness (QED) is 0.768. The van der Waals surface area contributed by atoms with Crippen LogP contribution in [-0.4, -0.2) is 37.9 Å². The van der Waals surface area contributed by atoms with Gasteiger partial charge in [-0.25, -0.2) is 0 Å². The lowest BCUT2D eigenvalue weighted by Gasteiger charge is -2.35. The van der Waals surface area contributed by atoms with Crippen LogP contribution < -0.4 is 14.8 Å². The van der Waals surface area contributed by atoms with Crippen molar-refractivity contribution < 1.29 is 9.47 Å². The van der Waals surface area contributed by atoms with E-state index >= 15 is 0 Å². The van der Waals surface area contributed by atoms with E-state index in [9.17, 15) is 0 Å². The van der Waals surface area contributed by atoms with Crippen LogP contribution in [0, 0.1) is 0 Å². The topological polar surface area (TPSA) is 33.7 Å². The summed E-state index contributed by atoms with van der Waals surface area (Å²) < 4.78 is 12.0. The summed E-state index contributed by atoms with van der Waals surface area (Å²) in [7, 11) is 0. The van der Waals surface area contributed by atoms with Gasteiger partial charge in [-0.2, -0.15) is 0 Å². The maximum absolute atomic E-state index is 5.51. The van der Waals surface area contributed by atoms with Gasteiger partial charge in [0.25, 0.3) is 0 Å². The minimum absolute atomic E-state index is 0. The zero-order valence-electron chi connectivity index (χ0n) is 12.2. The van der Waals surface area contributed by atoms with E-state index in [0.29, 0.717) is 12.8 Å². The molecule has 0 aromatic heterocycles. The van der Waals surface area contributed by atoms with Crippen molar-refractivity contribution in [2.45, 2.75) is 12.5 Å². The van der Waals surface area contributed by atoms with E-state index in [-0.39, 0.29) is 24.8 Å². The smallest absolute Gasteiger partial charge is 0.231 e. The van der Waals surface area contributed by atoms with Crippen LogP contribution in [-0.2, 0) is 0 Å². The Morgan fingerprint density at radius 3 is 2.50 bits per heavy atom. The maximum Gasteiger partial charge on any atom is 0.231 e. The van der Waals surface area contributed by atoms with E-state index in [2.05, 4.69) is 38.8 Å². The van der Waals surface area contributed by atoms with Gasteiger partial charge in [-0.05, 0) is 24.1 Å². The molecule has 0 bridgehead atoms. The Labute approximate surface area is 152 Å². The molecule has 22 heavy (non-hydrogen) atoms. The van der Waals surface area contributed by atoms with Crippen LogP contribution in [0.3, 0.4) is 0 Å². The van der Waals surface area contributed by atoms with Gasteiger partial charge in [-0.15, -0.1) is 31.4 Å². The van der Waals surface area contributed by atoms with E-state index in [0.717, 1.165) is 48.6 Å². The lowest BCUT2D eigenvalue weighted by Crippen LogP contribution is -2.45. The molecule has 1 fully saturated rings. The second kappa shape index (κ2) is 8.99. The Morgan fingerprint density at radius 2 is 1.86 bits per heavy atom. The van der Waals surface area contributed by atoms with Crippen molar-refractivity contribution >= 4 is 40.7 Å². The van der Waals surface area contributed by atoms with Crippen LogP contribution in [0.2, 0.25) is 0 Å². The largest absolute Gasteiger partial charge is 0.454 e. The number of fused-ring (bicyclic) bond motifs is 1. The third-order valence-corrected chi connectivity index (χ3v) is 4.52. The molecule has 0 aliphatic carbocycles. The summed E-state index contributed by atoms with van der Waals surface area (Å²) in [5.41, 5.74) is 1.25. The van der Waals surface area contributed by atoms with Gasteiger partial charge < -0.3 is 14.8 Å². The molecule has 1 atom stereocenters. The molecular formula is C15H21BrCl2N2O2. The number of hydrogen-bond acceptors (Lipinski definition) is 4. The molecule has 1 saturated heterocycles. The van der Waals surface area contributed by atoms with E-state index in [1.165, 1.54) is 5.56 Å². The van der Waals surface area contributed by atoms with Crippen molar-refractivity contribution in [2.75, 3.05) is 33.0 Å². The molecule has 7 heteroatoms. The second-order valence-corrected chi connectivity index (χ2v) is 5.91. The maximum atomic E-state index is 5.51. The Bertz CT molecular complexity index is 511. The third-order valence-electron chi connectivity index (χ3n) is 3.83. The lowest BCUT2D eigenvalue weighted by atomic mass is 10.0. The average Bonchev–Trinajstić information content (AvgIpc) is 2.92. The highest BCUT2D eigenvalue weighted by atomic mass is 79.9. The van der Waals surface area contributed by atoms with Crippen LogP contribution in [0.25, 0.3) is 0 Å². The van der Waals surface area contributed by atoms with Crippen molar-refractivity contribution in [1.29, 1.82) is 0 Å². The Balaban J connectivity index is 0.00000121. The SMILES string of the molecule is C=CC[C@@H](c1cc2c(cc1Br)OCO2)N1CCNCC1.Cl.Cl. The fraction of sp³-hybridized carbons (Fsp3) is 0.467. The zero-order chi connectivity index (χ0) is 13.9. The fourth-order valence-corrected chi connectivity index (χ4v) is 3.40. The Hall–Kier alpha value is -0.460. The van der Waals surface area contributed by atoms with E-state index in [1.807, 2.05) is 12.1 Å². The normalized spacial score (nSPS) is 18.0. The van der Waals surface area contributed by atoms with Crippen LogP contribution in [0.4, 0.5) is 0 Å². The van der Waals surface area contributed by atoms with Crippen molar-refractivity contribution in [3.05, 3.63) is 34.8 Å². The number of hydrogen-bond donors (Lipinski definition) is 1. The summed E-state index contributed by atoms with van der Waals surface area (Å²) in [5.74, 6) is 1.66. The third kappa shape index (κ3) is 4.09. The molecule has 0 unspecified atom stereocenters. The minimum Gasteiger partial charge on any atom is -0.454 e. The van der Waals surface area contributed by atoms with Gasteiger partial charge in [0.1, 0.15) is 0 Å². The molecule has 1 aromatic rings. The highest BCUT2D eigenvalue weighted by molar-refractivity contribution is 9.10. The van der Waals surface area contributed by atoms with Crippen molar-refractivity contribution in [1.82, 2.24) is 10.2 Å². The monoisotopic (exact) mass is 410 g/mol. The summed E-state index contributed by atoms with van der Waals surface area (Å²) in [4.78, 5) is 2.50. The van der Waals surface area contributed by atoms with E-state index in [4.69, 9.17) is 9.47 Å². The molecule has 124 valence electrons. The molecule has 3 rings (SSSR count). The zero-order valence-corrected chi connectivity index (χ0v) is 15.4. The predicted octanol–water partition coefficient (Wildman–Crippen LogP) is 3.54. The molecule has 4 nitrogen and oxygen atoms in total. The highest BCUT2D eigenvalue weighted by Gasteiger charge is 2.25. The van der Waals surface area contributed by atoms with Gasteiger partial charge in [-0.3, -0.25) is 4.90 Å². The summed E-state index contributed by atoms with van der Waals surface area (Å²) >= 11 is 3.67. The van der Waals surface area contributed by atoms with Gasteiger partial charge in [0.15, 0.2) is 11.5 Å². The molecular weight excluding hydrogens is 391 g/mol. The fourth-order valence-electron chi connectivity index (χ4n) is 2.81. The first-order valence-corrected chi connectivity index (χ1v) is 7.73. The standard InChI is InChI=1S/C15H19BrN2O2.2ClH/c1-2-3-13(18-6-4-17-5-7-18)11-8-14-15(9-12(11)16)20-10-19-14;;/h2,8-9,13,17H,1,3-7,10H2;2*1H/t13-;;/m0../s1. The Kier molecular flexibility index (Phi) is 8.00. The molecule has 0 amide bonds. The van der Waals surface area contributed by atoms with Gasteiger partial charge in [0.05, 0.1) is 0 Å². The average molecular weight is 412 g/mol. The van der Waals surface area contributed by atoms with Crippen molar-refractivity contribution in [3.8, 4) is 11.5 Å². The number of benzene rings is 1. The number of rotatable bonds is 4. The predicted molar refractivity (Wildman–Crippen MR) is 96.8 cm³/mol. The molecule has 1 N–H and O–H groups in total. The highest BCUT2D eigenvalue weighted by Crippen LogP contribution is 2.41. The summed E-state index contributed by atoms with van der Waals surface area (Å²) in [6, 6.07) is 4.44. The molecule has 2 aliphatic heterocycles. The molecule has 1 aromatic carbocycles. The first-order chi connectivity index (χ1) is 9.79. The summed E-state index contributed by atoms with van der Waals surface area (Å²) in [6.45, 7) is 8.40. The number of piperazine rings is 1. The van der Waals surface area contributed by atoms with E-state index < -0.39 is 0 Å².